The fraction of sp³-hybridized carbons (Fsp3) is 0.375. The molecule has 2 rings (SSSR count). The highest BCUT2D eigenvalue weighted by Crippen LogP contribution is 2.14. The Balaban J connectivity index is 2.03. The zero-order chi connectivity index (χ0) is 15.1. The van der Waals surface area contributed by atoms with Crippen LogP contribution in [0.15, 0.2) is 36.0 Å². The number of anilines is 2. The van der Waals surface area contributed by atoms with Crippen molar-refractivity contribution < 1.29 is 4.79 Å². The lowest BCUT2D eigenvalue weighted by molar-refractivity contribution is -0.112. The number of nitrogens with one attached hydrogen (secondary N) is 1. The number of hydrogen-bond acceptors (Lipinski definition) is 4. The van der Waals surface area contributed by atoms with Crippen LogP contribution in [0.5, 0.6) is 0 Å². The van der Waals surface area contributed by atoms with Crippen molar-refractivity contribution in [1.82, 2.24) is 4.90 Å². The van der Waals surface area contributed by atoms with Gasteiger partial charge in [-0.25, -0.2) is 0 Å². The second kappa shape index (κ2) is 7.34. The van der Waals surface area contributed by atoms with E-state index in [1.54, 1.807) is 30.5 Å². The second-order valence-corrected chi connectivity index (χ2v) is 5.18. The van der Waals surface area contributed by atoms with Gasteiger partial charge in [0.15, 0.2) is 0 Å². The number of carbonyl (C=O) groups is 1. The number of benzene rings is 1. The number of amides is 1. The molecule has 1 aromatic rings. The number of hydrogen-bond donors (Lipinski definition) is 2. The third-order valence-electron chi connectivity index (χ3n) is 3.49. The molecule has 1 aliphatic heterocycles. The lowest BCUT2D eigenvalue weighted by Crippen LogP contribution is -2.22. The van der Waals surface area contributed by atoms with Crippen molar-refractivity contribution in [3.8, 4) is 6.07 Å². The monoisotopic (exact) mass is 284 g/mol. The summed E-state index contributed by atoms with van der Waals surface area (Å²) in [6.07, 6.45) is 6.31. The Bertz CT molecular complexity index is 549. The van der Waals surface area contributed by atoms with Crippen LogP contribution >= 0.6 is 0 Å². The van der Waals surface area contributed by atoms with Gasteiger partial charge in [0, 0.05) is 30.7 Å². The molecule has 1 fully saturated rings. The van der Waals surface area contributed by atoms with Crippen LogP contribution in [0, 0.1) is 11.3 Å². The Hall–Kier alpha value is -2.48. The van der Waals surface area contributed by atoms with Crippen molar-refractivity contribution in [2.45, 2.75) is 25.7 Å². The molecule has 21 heavy (non-hydrogen) atoms. The van der Waals surface area contributed by atoms with Crippen molar-refractivity contribution in [2.75, 3.05) is 24.1 Å². The standard InChI is InChI=1S/C16H20N4O/c17-11-13(12-20-9-3-1-2-4-10-20)16(21)19-15-7-5-14(18)6-8-15/h5-8,12H,1-4,9-10,18H2,(H,19,21)/b13-12-. The summed E-state index contributed by atoms with van der Waals surface area (Å²) < 4.78 is 0. The molecule has 5 nitrogen and oxygen atoms in total. The maximum atomic E-state index is 12.1. The molecular weight excluding hydrogens is 264 g/mol. The molecule has 1 saturated heterocycles. The zero-order valence-corrected chi connectivity index (χ0v) is 12.0. The summed E-state index contributed by atoms with van der Waals surface area (Å²) in [5, 5.41) is 11.9. The Morgan fingerprint density at radius 3 is 2.38 bits per heavy atom. The van der Waals surface area contributed by atoms with Crippen LogP contribution in [-0.2, 0) is 4.79 Å². The van der Waals surface area contributed by atoms with Crippen LogP contribution in [0.4, 0.5) is 11.4 Å². The molecule has 1 aliphatic rings. The van der Waals surface area contributed by atoms with E-state index in [9.17, 15) is 10.1 Å². The Kier molecular flexibility index (Phi) is 5.22. The van der Waals surface area contributed by atoms with E-state index in [4.69, 9.17) is 5.73 Å². The lowest BCUT2D eigenvalue weighted by atomic mass is 10.2. The number of nitrogens with two attached hydrogens (primary N) is 1. The highest BCUT2D eigenvalue weighted by atomic mass is 16.1. The minimum atomic E-state index is -0.383. The maximum absolute atomic E-state index is 12.1. The second-order valence-electron chi connectivity index (χ2n) is 5.18. The summed E-state index contributed by atoms with van der Waals surface area (Å²) in [6, 6.07) is 8.83. The third-order valence-corrected chi connectivity index (χ3v) is 3.49. The van der Waals surface area contributed by atoms with Crippen LogP contribution in [0.2, 0.25) is 0 Å². The van der Waals surface area contributed by atoms with Gasteiger partial charge in [-0.3, -0.25) is 4.79 Å². The van der Waals surface area contributed by atoms with Crippen molar-refractivity contribution in [2.24, 2.45) is 0 Å². The predicted molar refractivity (Wildman–Crippen MR) is 83.2 cm³/mol. The number of nitrogens with zero attached hydrogens (tertiary/aromatic N) is 2. The molecule has 0 radical (unpaired) electrons. The van der Waals surface area contributed by atoms with E-state index in [2.05, 4.69) is 10.2 Å². The maximum Gasteiger partial charge on any atom is 0.267 e. The molecule has 0 aromatic heterocycles. The van der Waals surface area contributed by atoms with Crippen molar-refractivity contribution in [1.29, 1.82) is 5.26 Å². The van der Waals surface area contributed by atoms with Crippen LogP contribution in [0.1, 0.15) is 25.7 Å². The van der Waals surface area contributed by atoms with E-state index in [1.165, 1.54) is 12.8 Å². The van der Waals surface area contributed by atoms with E-state index < -0.39 is 0 Å². The Morgan fingerprint density at radius 1 is 1.19 bits per heavy atom. The summed E-state index contributed by atoms with van der Waals surface area (Å²) in [5.41, 5.74) is 7.00. The van der Waals surface area contributed by atoms with E-state index in [0.29, 0.717) is 11.4 Å². The highest BCUT2D eigenvalue weighted by molar-refractivity contribution is 6.06. The first-order valence-corrected chi connectivity index (χ1v) is 7.22. The minimum Gasteiger partial charge on any atom is -0.399 e. The quantitative estimate of drug-likeness (QED) is 0.507. The number of nitriles is 1. The molecule has 1 aromatic carbocycles. The number of rotatable bonds is 3. The smallest absolute Gasteiger partial charge is 0.267 e. The summed E-state index contributed by atoms with van der Waals surface area (Å²) >= 11 is 0. The van der Waals surface area contributed by atoms with Gasteiger partial charge in [-0.1, -0.05) is 12.8 Å². The van der Waals surface area contributed by atoms with Gasteiger partial charge in [-0.05, 0) is 37.1 Å². The molecular formula is C16H20N4O. The number of likely N-dealkylation sites (tertiary alicyclic amines) is 1. The summed E-state index contributed by atoms with van der Waals surface area (Å²) in [7, 11) is 0. The van der Waals surface area contributed by atoms with Gasteiger partial charge in [0.2, 0.25) is 0 Å². The largest absolute Gasteiger partial charge is 0.399 e. The van der Waals surface area contributed by atoms with Gasteiger partial charge in [0.05, 0.1) is 0 Å². The topological polar surface area (TPSA) is 82.2 Å². The van der Waals surface area contributed by atoms with E-state index in [1.807, 2.05) is 6.07 Å². The van der Waals surface area contributed by atoms with Crippen LogP contribution in [0.3, 0.4) is 0 Å². The van der Waals surface area contributed by atoms with Gasteiger partial charge in [0.25, 0.3) is 5.91 Å². The fourth-order valence-corrected chi connectivity index (χ4v) is 2.31. The Morgan fingerprint density at radius 2 is 1.81 bits per heavy atom. The molecule has 0 saturated carbocycles. The van der Waals surface area contributed by atoms with Crippen LogP contribution in [-0.4, -0.2) is 23.9 Å². The average Bonchev–Trinajstić information content (AvgIpc) is 2.75. The number of carbonyl (C=O) groups excluding carboxylic acids is 1. The average molecular weight is 284 g/mol. The third kappa shape index (κ3) is 4.53. The first-order chi connectivity index (χ1) is 10.2. The van der Waals surface area contributed by atoms with Crippen LogP contribution < -0.4 is 11.1 Å². The van der Waals surface area contributed by atoms with Gasteiger partial charge in [-0.15, -0.1) is 0 Å². The first-order valence-electron chi connectivity index (χ1n) is 7.22. The van der Waals surface area contributed by atoms with Gasteiger partial charge in [-0.2, -0.15) is 5.26 Å². The predicted octanol–water partition coefficient (Wildman–Crippen LogP) is 2.49. The molecule has 0 atom stereocenters. The number of nitrogen functional groups attached to an aromatic ring is 1. The molecule has 1 amide bonds. The summed E-state index contributed by atoms with van der Waals surface area (Å²) in [6.45, 7) is 1.81. The van der Waals surface area contributed by atoms with Gasteiger partial charge in [0.1, 0.15) is 11.6 Å². The van der Waals surface area contributed by atoms with E-state index >= 15 is 0 Å². The van der Waals surface area contributed by atoms with Crippen molar-refractivity contribution >= 4 is 17.3 Å². The Labute approximate surface area is 125 Å². The van der Waals surface area contributed by atoms with Crippen LogP contribution in [0.25, 0.3) is 0 Å². The summed E-state index contributed by atoms with van der Waals surface area (Å²) in [4.78, 5) is 14.2. The van der Waals surface area contributed by atoms with Crippen molar-refractivity contribution in [3.63, 3.8) is 0 Å². The lowest BCUT2D eigenvalue weighted by Gasteiger charge is -2.17. The highest BCUT2D eigenvalue weighted by Gasteiger charge is 2.13. The minimum absolute atomic E-state index is 0.133. The SMILES string of the molecule is N#C/C(=C/N1CCCCCC1)C(=O)Nc1ccc(N)cc1. The van der Waals surface area contributed by atoms with Gasteiger partial charge < -0.3 is 16.0 Å². The molecule has 1 heterocycles. The summed E-state index contributed by atoms with van der Waals surface area (Å²) in [5.74, 6) is -0.383. The van der Waals surface area contributed by atoms with Crippen molar-refractivity contribution in [3.05, 3.63) is 36.0 Å². The zero-order valence-electron chi connectivity index (χ0n) is 12.0. The molecule has 0 unspecified atom stereocenters. The molecule has 5 heteroatoms. The van der Waals surface area contributed by atoms with E-state index in [-0.39, 0.29) is 11.5 Å². The fourth-order valence-electron chi connectivity index (χ4n) is 2.31. The molecule has 0 spiro atoms. The van der Waals surface area contributed by atoms with Gasteiger partial charge >= 0.3 is 0 Å². The molecule has 0 aliphatic carbocycles. The molecule has 0 bridgehead atoms. The molecule has 110 valence electrons. The first kappa shape index (κ1) is 14.9. The normalized spacial score (nSPS) is 16.0. The molecule has 3 N–H and O–H groups in total. The van der Waals surface area contributed by atoms with E-state index in [0.717, 1.165) is 25.9 Å².